The van der Waals surface area contributed by atoms with Gasteiger partial charge in [-0.1, -0.05) is 31.9 Å². The molecule has 1 fully saturated rings. The average Bonchev–Trinajstić information content (AvgIpc) is 3.02. The molecular formula is C18H27FN2O3S. The van der Waals surface area contributed by atoms with Crippen LogP contribution in [0.25, 0.3) is 0 Å². The molecule has 1 aliphatic carbocycles. The smallest absolute Gasteiger partial charge is 0.237 e. The van der Waals surface area contributed by atoms with E-state index in [0.717, 1.165) is 31.2 Å². The minimum Gasteiger partial charge on any atom is -0.354 e. The number of sulfonamides is 1. The molecule has 25 heavy (non-hydrogen) atoms. The third kappa shape index (κ3) is 5.25. The molecule has 1 atom stereocenters. The van der Waals surface area contributed by atoms with Gasteiger partial charge < -0.3 is 5.32 Å². The first-order chi connectivity index (χ1) is 11.8. The lowest BCUT2D eigenvalue weighted by atomic mass is 9.78. The first kappa shape index (κ1) is 19.8. The lowest BCUT2D eigenvalue weighted by Crippen LogP contribution is -2.48. The zero-order chi connectivity index (χ0) is 18.5. The summed E-state index contributed by atoms with van der Waals surface area (Å²) in [6.07, 6.45) is 4.47. The minimum absolute atomic E-state index is 0.00410. The Kier molecular flexibility index (Phi) is 6.57. The van der Waals surface area contributed by atoms with Crippen molar-refractivity contribution in [2.45, 2.75) is 57.4 Å². The van der Waals surface area contributed by atoms with E-state index in [2.05, 4.69) is 10.0 Å². The van der Waals surface area contributed by atoms with Gasteiger partial charge in [-0.15, -0.1) is 0 Å². The standard InChI is InChI=1S/C18H27FN2O3S/c1-3-12-25(23,24)21-14(2)17(22)20-13-18(10-4-5-11-18)15-6-8-16(19)9-7-15/h6-9,14,21H,3-5,10-13H2,1-2H3,(H,20,22)/t14-/m0/s1. The number of rotatable bonds is 8. The Morgan fingerprint density at radius 1 is 1.24 bits per heavy atom. The Morgan fingerprint density at radius 2 is 1.84 bits per heavy atom. The van der Waals surface area contributed by atoms with Crippen molar-refractivity contribution in [1.82, 2.24) is 10.0 Å². The van der Waals surface area contributed by atoms with E-state index in [1.54, 1.807) is 26.0 Å². The summed E-state index contributed by atoms with van der Waals surface area (Å²) in [5.41, 5.74) is 0.816. The molecule has 140 valence electrons. The summed E-state index contributed by atoms with van der Waals surface area (Å²) >= 11 is 0. The molecule has 1 saturated carbocycles. The molecule has 1 amide bonds. The third-order valence-corrected chi connectivity index (χ3v) is 6.50. The Bertz CT molecular complexity index is 683. The van der Waals surface area contributed by atoms with Crippen molar-refractivity contribution in [3.8, 4) is 0 Å². The molecule has 2 rings (SSSR count). The highest BCUT2D eigenvalue weighted by Crippen LogP contribution is 2.40. The van der Waals surface area contributed by atoms with Crippen LogP contribution in [0.2, 0.25) is 0 Å². The Balaban J connectivity index is 2.01. The molecule has 0 heterocycles. The third-order valence-electron chi connectivity index (χ3n) is 4.84. The van der Waals surface area contributed by atoms with Crippen molar-refractivity contribution in [1.29, 1.82) is 0 Å². The molecule has 0 unspecified atom stereocenters. The van der Waals surface area contributed by atoms with Gasteiger partial charge >= 0.3 is 0 Å². The number of carbonyl (C=O) groups is 1. The van der Waals surface area contributed by atoms with Crippen LogP contribution in [-0.2, 0) is 20.2 Å². The van der Waals surface area contributed by atoms with E-state index in [-0.39, 0.29) is 22.9 Å². The van der Waals surface area contributed by atoms with Crippen molar-refractivity contribution >= 4 is 15.9 Å². The summed E-state index contributed by atoms with van der Waals surface area (Å²) in [6, 6.07) is 5.63. The van der Waals surface area contributed by atoms with Crippen molar-refractivity contribution in [3.63, 3.8) is 0 Å². The van der Waals surface area contributed by atoms with Gasteiger partial charge in [0.1, 0.15) is 5.82 Å². The number of halogens is 1. The van der Waals surface area contributed by atoms with Crippen LogP contribution in [-0.4, -0.2) is 32.7 Å². The number of hydrogen-bond donors (Lipinski definition) is 2. The molecule has 0 aliphatic heterocycles. The van der Waals surface area contributed by atoms with E-state index >= 15 is 0 Å². The van der Waals surface area contributed by atoms with E-state index in [1.165, 1.54) is 12.1 Å². The van der Waals surface area contributed by atoms with Crippen LogP contribution in [0.4, 0.5) is 4.39 Å². The fourth-order valence-electron chi connectivity index (χ4n) is 3.48. The number of benzene rings is 1. The monoisotopic (exact) mass is 370 g/mol. The van der Waals surface area contributed by atoms with Crippen LogP contribution in [0.1, 0.15) is 51.5 Å². The molecular weight excluding hydrogens is 343 g/mol. The van der Waals surface area contributed by atoms with Gasteiger partial charge in [0.15, 0.2) is 0 Å². The Morgan fingerprint density at radius 3 is 2.40 bits per heavy atom. The van der Waals surface area contributed by atoms with E-state index in [1.807, 2.05) is 0 Å². The minimum atomic E-state index is -3.44. The van der Waals surface area contributed by atoms with Gasteiger partial charge in [-0.25, -0.2) is 17.5 Å². The van der Waals surface area contributed by atoms with Crippen molar-refractivity contribution in [2.24, 2.45) is 0 Å². The largest absolute Gasteiger partial charge is 0.354 e. The van der Waals surface area contributed by atoms with Crippen LogP contribution >= 0.6 is 0 Å². The summed E-state index contributed by atoms with van der Waals surface area (Å²) in [5, 5.41) is 2.88. The topological polar surface area (TPSA) is 75.3 Å². The van der Waals surface area contributed by atoms with E-state index in [0.29, 0.717) is 13.0 Å². The second kappa shape index (κ2) is 8.27. The molecule has 7 heteroatoms. The Labute approximate surface area is 149 Å². The molecule has 0 radical (unpaired) electrons. The highest BCUT2D eigenvalue weighted by atomic mass is 32.2. The van der Waals surface area contributed by atoms with Gasteiger partial charge in [0.25, 0.3) is 0 Å². The van der Waals surface area contributed by atoms with E-state index < -0.39 is 16.1 Å². The Hall–Kier alpha value is -1.47. The van der Waals surface area contributed by atoms with Gasteiger partial charge in [0.05, 0.1) is 11.8 Å². The zero-order valence-corrected chi connectivity index (χ0v) is 15.7. The highest BCUT2D eigenvalue weighted by Gasteiger charge is 2.36. The van der Waals surface area contributed by atoms with Gasteiger partial charge in [0, 0.05) is 12.0 Å². The zero-order valence-electron chi connectivity index (χ0n) is 14.8. The number of amides is 1. The van der Waals surface area contributed by atoms with Crippen LogP contribution in [0.5, 0.6) is 0 Å². The number of nitrogens with one attached hydrogen (secondary N) is 2. The molecule has 0 spiro atoms. The lowest BCUT2D eigenvalue weighted by molar-refractivity contribution is -0.122. The lowest BCUT2D eigenvalue weighted by Gasteiger charge is -2.30. The maximum absolute atomic E-state index is 13.2. The predicted octanol–water partition coefficient (Wildman–Crippen LogP) is 2.47. The maximum Gasteiger partial charge on any atom is 0.237 e. The molecule has 0 bridgehead atoms. The van der Waals surface area contributed by atoms with Crippen LogP contribution in [0, 0.1) is 5.82 Å². The fourth-order valence-corrected chi connectivity index (χ4v) is 4.78. The van der Waals surface area contributed by atoms with Crippen LogP contribution < -0.4 is 10.0 Å². The molecule has 1 aromatic rings. The van der Waals surface area contributed by atoms with Crippen molar-refractivity contribution < 1.29 is 17.6 Å². The first-order valence-corrected chi connectivity index (χ1v) is 10.5. The van der Waals surface area contributed by atoms with Gasteiger partial charge in [0.2, 0.25) is 15.9 Å². The molecule has 0 aromatic heterocycles. The van der Waals surface area contributed by atoms with Gasteiger partial charge in [-0.05, 0) is 43.9 Å². The van der Waals surface area contributed by atoms with Crippen molar-refractivity contribution in [2.75, 3.05) is 12.3 Å². The van der Waals surface area contributed by atoms with Crippen LogP contribution in [0.15, 0.2) is 24.3 Å². The maximum atomic E-state index is 13.2. The van der Waals surface area contributed by atoms with Crippen molar-refractivity contribution in [3.05, 3.63) is 35.6 Å². The summed E-state index contributed by atoms with van der Waals surface area (Å²) < 4.78 is 39.2. The number of hydrogen-bond acceptors (Lipinski definition) is 3. The van der Waals surface area contributed by atoms with Crippen LogP contribution in [0.3, 0.4) is 0 Å². The SMILES string of the molecule is CCCS(=O)(=O)N[C@@H](C)C(=O)NCC1(c2ccc(F)cc2)CCCC1. The quantitative estimate of drug-likeness (QED) is 0.738. The molecule has 1 aliphatic rings. The molecule has 2 N–H and O–H groups in total. The average molecular weight is 370 g/mol. The summed E-state index contributed by atoms with van der Waals surface area (Å²) in [4.78, 5) is 12.3. The first-order valence-electron chi connectivity index (χ1n) is 8.82. The van der Waals surface area contributed by atoms with Gasteiger partial charge in [-0.3, -0.25) is 4.79 Å². The van der Waals surface area contributed by atoms with E-state index in [4.69, 9.17) is 0 Å². The summed E-state index contributed by atoms with van der Waals surface area (Å²) in [6.45, 7) is 3.75. The summed E-state index contributed by atoms with van der Waals surface area (Å²) in [5.74, 6) is -0.614. The predicted molar refractivity (Wildman–Crippen MR) is 96.2 cm³/mol. The molecule has 5 nitrogen and oxygen atoms in total. The fraction of sp³-hybridized carbons (Fsp3) is 0.611. The van der Waals surface area contributed by atoms with E-state index in [9.17, 15) is 17.6 Å². The number of carbonyl (C=O) groups excluding carboxylic acids is 1. The molecule has 1 aromatic carbocycles. The highest BCUT2D eigenvalue weighted by molar-refractivity contribution is 7.89. The van der Waals surface area contributed by atoms with Gasteiger partial charge in [-0.2, -0.15) is 0 Å². The molecule has 0 saturated heterocycles. The normalized spacial score (nSPS) is 18.0. The second-order valence-corrected chi connectivity index (χ2v) is 8.74. The summed E-state index contributed by atoms with van der Waals surface area (Å²) in [7, 11) is -3.44. The second-order valence-electron chi connectivity index (χ2n) is 6.87.